The summed E-state index contributed by atoms with van der Waals surface area (Å²) in [6, 6.07) is 7.26. The van der Waals surface area contributed by atoms with Gasteiger partial charge in [-0.1, -0.05) is 12.1 Å². The van der Waals surface area contributed by atoms with Crippen LogP contribution in [-0.2, 0) is 0 Å². The number of nitrogens with zero attached hydrogens (tertiary/aromatic N) is 1. The molecule has 3 atom stereocenters. The van der Waals surface area contributed by atoms with E-state index in [0.717, 1.165) is 38.3 Å². The molecule has 2 heterocycles. The third-order valence-electron chi connectivity index (χ3n) is 5.12. The van der Waals surface area contributed by atoms with Crippen molar-refractivity contribution in [1.29, 1.82) is 0 Å². The Hall–Kier alpha value is -1.68. The predicted molar refractivity (Wildman–Crippen MR) is 74.4 cm³/mol. The smallest absolute Gasteiger partial charge is 0.261 e. The van der Waals surface area contributed by atoms with Crippen LogP contribution in [0.2, 0.25) is 0 Å². The summed E-state index contributed by atoms with van der Waals surface area (Å²) in [4.78, 5) is 26.5. The Morgan fingerprint density at radius 1 is 0.950 bits per heavy atom. The van der Waals surface area contributed by atoms with Crippen molar-refractivity contribution in [2.24, 2.45) is 11.8 Å². The summed E-state index contributed by atoms with van der Waals surface area (Å²) >= 11 is 0. The van der Waals surface area contributed by atoms with Crippen LogP contribution in [0, 0.1) is 11.8 Å². The van der Waals surface area contributed by atoms with Crippen molar-refractivity contribution in [3.63, 3.8) is 0 Å². The van der Waals surface area contributed by atoms with E-state index in [2.05, 4.69) is 5.32 Å². The lowest BCUT2D eigenvalue weighted by Crippen LogP contribution is -2.44. The molecule has 1 saturated heterocycles. The molecule has 20 heavy (non-hydrogen) atoms. The molecule has 2 amide bonds. The van der Waals surface area contributed by atoms with Crippen LogP contribution in [0.4, 0.5) is 0 Å². The fraction of sp³-hybridized carbons (Fsp3) is 0.500. The molecule has 1 aromatic carbocycles. The SMILES string of the molecule is O=C1c2ccccc2C(=O)N1C1CCC2CNCC2C1. The van der Waals surface area contributed by atoms with Crippen molar-refractivity contribution in [2.75, 3.05) is 13.1 Å². The maximum atomic E-state index is 12.5. The van der Waals surface area contributed by atoms with E-state index in [1.807, 2.05) is 12.1 Å². The second-order valence-corrected chi connectivity index (χ2v) is 6.17. The maximum Gasteiger partial charge on any atom is 0.261 e. The van der Waals surface area contributed by atoms with Gasteiger partial charge in [-0.2, -0.15) is 0 Å². The number of carbonyl (C=O) groups excluding carboxylic acids is 2. The highest BCUT2D eigenvalue weighted by Gasteiger charge is 2.43. The van der Waals surface area contributed by atoms with Crippen LogP contribution >= 0.6 is 0 Å². The zero-order chi connectivity index (χ0) is 13.7. The Kier molecular flexibility index (Phi) is 2.67. The first-order chi connectivity index (χ1) is 9.75. The number of nitrogens with one attached hydrogen (secondary N) is 1. The summed E-state index contributed by atoms with van der Waals surface area (Å²) in [5.74, 6) is 1.17. The van der Waals surface area contributed by atoms with Crippen LogP contribution in [0.1, 0.15) is 40.0 Å². The zero-order valence-electron chi connectivity index (χ0n) is 11.3. The minimum Gasteiger partial charge on any atom is -0.316 e. The molecule has 3 aliphatic rings. The van der Waals surface area contributed by atoms with Gasteiger partial charge >= 0.3 is 0 Å². The average Bonchev–Trinajstić information content (AvgIpc) is 3.03. The van der Waals surface area contributed by atoms with Crippen LogP contribution < -0.4 is 5.32 Å². The Morgan fingerprint density at radius 3 is 2.30 bits per heavy atom. The van der Waals surface area contributed by atoms with Crippen LogP contribution in [-0.4, -0.2) is 35.8 Å². The van der Waals surface area contributed by atoms with Crippen molar-refractivity contribution in [2.45, 2.75) is 25.3 Å². The van der Waals surface area contributed by atoms with Gasteiger partial charge in [-0.3, -0.25) is 14.5 Å². The van der Waals surface area contributed by atoms with E-state index < -0.39 is 0 Å². The van der Waals surface area contributed by atoms with Crippen molar-refractivity contribution < 1.29 is 9.59 Å². The molecule has 3 unspecified atom stereocenters. The lowest BCUT2D eigenvalue weighted by atomic mass is 9.78. The topological polar surface area (TPSA) is 49.4 Å². The van der Waals surface area contributed by atoms with Crippen LogP contribution in [0.5, 0.6) is 0 Å². The third-order valence-corrected chi connectivity index (χ3v) is 5.12. The Balaban J connectivity index is 1.61. The van der Waals surface area contributed by atoms with E-state index in [-0.39, 0.29) is 17.9 Å². The summed E-state index contributed by atoms with van der Waals surface area (Å²) in [5.41, 5.74) is 1.15. The van der Waals surface area contributed by atoms with E-state index in [0.29, 0.717) is 17.0 Å². The van der Waals surface area contributed by atoms with Crippen LogP contribution in [0.25, 0.3) is 0 Å². The number of benzene rings is 1. The molecule has 2 aliphatic heterocycles. The molecule has 0 radical (unpaired) electrons. The van der Waals surface area contributed by atoms with Crippen molar-refractivity contribution >= 4 is 11.8 Å². The number of hydrogen-bond acceptors (Lipinski definition) is 3. The van der Waals surface area contributed by atoms with Gasteiger partial charge in [0, 0.05) is 6.04 Å². The average molecular weight is 270 g/mol. The molecule has 4 heteroatoms. The number of amides is 2. The first-order valence-corrected chi connectivity index (χ1v) is 7.43. The fourth-order valence-corrected chi connectivity index (χ4v) is 4.05. The molecular weight excluding hydrogens is 252 g/mol. The van der Waals surface area contributed by atoms with Gasteiger partial charge in [-0.25, -0.2) is 0 Å². The standard InChI is InChI=1S/C16H18N2O2/c19-15-13-3-1-2-4-14(13)16(20)18(15)12-6-5-10-8-17-9-11(10)7-12/h1-4,10-12,17H,5-9H2. The van der Waals surface area contributed by atoms with Gasteiger partial charge in [-0.05, 0) is 56.3 Å². The Morgan fingerprint density at radius 2 is 1.60 bits per heavy atom. The number of carbonyl (C=O) groups is 2. The monoisotopic (exact) mass is 270 g/mol. The highest BCUT2D eigenvalue weighted by atomic mass is 16.2. The van der Waals surface area contributed by atoms with Crippen LogP contribution in [0.15, 0.2) is 24.3 Å². The molecule has 0 spiro atoms. The molecular formula is C16H18N2O2. The van der Waals surface area contributed by atoms with Gasteiger partial charge < -0.3 is 5.32 Å². The third kappa shape index (κ3) is 1.64. The van der Waals surface area contributed by atoms with E-state index in [1.165, 1.54) is 4.90 Å². The molecule has 1 aromatic rings. The molecule has 104 valence electrons. The minimum atomic E-state index is -0.0972. The van der Waals surface area contributed by atoms with E-state index in [4.69, 9.17) is 0 Å². The number of imide groups is 1. The molecule has 2 fully saturated rings. The van der Waals surface area contributed by atoms with Gasteiger partial charge in [0.25, 0.3) is 11.8 Å². The summed E-state index contributed by atoms with van der Waals surface area (Å²) in [6.07, 6.45) is 3.03. The van der Waals surface area contributed by atoms with Gasteiger partial charge in [-0.15, -0.1) is 0 Å². The molecule has 1 saturated carbocycles. The summed E-state index contributed by atoms with van der Waals surface area (Å²) in [5, 5.41) is 3.43. The normalized spacial score (nSPS) is 32.4. The Bertz CT molecular complexity index is 549. The van der Waals surface area contributed by atoms with E-state index >= 15 is 0 Å². The van der Waals surface area contributed by atoms with E-state index in [1.54, 1.807) is 12.1 Å². The lowest BCUT2D eigenvalue weighted by molar-refractivity contribution is 0.0504. The second kappa shape index (κ2) is 4.42. The van der Waals surface area contributed by atoms with Crippen molar-refractivity contribution in [3.05, 3.63) is 35.4 Å². The van der Waals surface area contributed by atoms with Gasteiger partial charge in [0.1, 0.15) is 0 Å². The summed E-state index contributed by atoms with van der Waals surface area (Å²) < 4.78 is 0. The second-order valence-electron chi connectivity index (χ2n) is 6.17. The zero-order valence-corrected chi connectivity index (χ0v) is 11.3. The van der Waals surface area contributed by atoms with E-state index in [9.17, 15) is 9.59 Å². The van der Waals surface area contributed by atoms with Gasteiger partial charge in [0.2, 0.25) is 0 Å². The predicted octanol–water partition coefficient (Wildman–Crippen LogP) is 1.67. The van der Waals surface area contributed by atoms with Crippen molar-refractivity contribution in [3.8, 4) is 0 Å². The quantitative estimate of drug-likeness (QED) is 0.790. The highest BCUT2D eigenvalue weighted by molar-refractivity contribution is 6.21. The fourth-order valence-electron chi connectivity index (χ4n) is 4.05. The number of fused-ring (bicyclic) bond motifs is 2. The lowest BCUT2D eigenvalue weighted by Gasteiger charge is -2.35. The number of hydrogen-bond donors (Lipinski definition) is 1. The number of rotatable bonds is 1. The van der Waals surface area contributed by atoms with Gasteiger partial charge in [0.05, 0.1) is 11.1 Å². The molecule has 4 nitrogen and oxygen atoms in total. The molecule has 0 bridgehead atoms. The maximum absolute atomic E-state index is 12.5. The summed E-state index contributed by atoms with van der Waals surface area (Å²) in [6.45, 7) is 2.13. The first-order valence-electron chi connectivity index (χ1n) is 7.43. The Labute approximate surface area is 118 Å². The first kappa shape index (κ1) is 12.1. The van der Waals surface area contributed by atoms with Crippen LogP contribution in [0.3, 0.4) is 0 Å². The molecule has 1 N–H and O–H groups in total. The van der Waals surface area contributed by atoms with Gasteiger partial charge in [0.15, 0.2) is 0 Å². The molecule has 0 aromatic heterocycles. The summed E-state index contributed by atoms with van der Waals surface area (Å²) in [7, 11) is 0. The highest BCUT2D eigenvalue weighted by Crippen LogP contribution is 2.37. The molecule has 1 aliphatic carbocycles. The molecule has 4 rings (SSSR count). The van der Waals surface area contributed by atoms with Crippen molar-refractivity contribution in [1.82, 2.24) is 10.2 Å². The largest absolute Gasteiger partial charge is 0.316 e. The minimum absolute atomic E-state index is 0.0866.